The van der Waals surface area contributed by atoms with Crippen LogP contribution in [-0.2, 0) is 52.8 Å². The number of fused-ring (bicyclic) bond motifs is 6. The van der Waals surface area contributed by atoms with Crippen LogP contribution >= 0.6 is 0 Å². The minimum absolute atomic E-state index is 0.0679. The van der Waals surface area contributed by atoms with E-state index in [0.29, 0.717) is 65.9 Å². The molecule has 0 radical (unpaired) electrons. The Hall–Kier alpha value is -5.58. The van der Waals surface area contributed by atoms with E-state index >= 15 is 0 Å². The van der Waals surface area contributed by atoms with E-state index in [1.807, 2.05) is 44.2 Å². The number of esters is 1. The summed E-state index contributed by atoms with van der Waals surface area (Å²) in [5.41, 5.74) is 6.84. The SMILES string of the molecule is C=CC(=O)N1CC(OCC(C)C(=O)N[C@H]2Cc3cccc(c3)-c3ccc4c(c3)c(c(-c3cccnc3[C@H](C)OC)n4CC(F)(F)F)CC(C)(C)COC(=O)[C@@H]3CCCN(N3)C2=O)C1. The molecule has 2 fully saturated rings. The van der Waals surface area contributed by atoms with Gasteiger partial charge in [0.2, 0.25) is 11.8 Å². The summed E-state index contributed by atoms with van der Waals surface area (Å²) in [7, 11) is 1.52. The molecule has 4 atom stereocenters. The number of halogens is 3. The van der Waals surface area contributed by atoms with E-state index in [-0.39, 0.29) is 38.1 Å². The summed E-state index contributed by atoms with van der Waals surface area (Å²) >= 11 is 0. The van der Waals surface area contributed by atoms with Gasteiger partial charge in [-0.3, -0.25) is 29.2 Å². The van der Waals surface area contributed by atoms with E-state index in [1.54, 1.807) is 49.2 Å². The van der Waals surface area contributed by atoms with Gasteiger partial charge in [0.15, 0.2) is 0 Å². The Kier molecular flexibility index (Phi) is 13.4. The van der Waals surface area contributed by atoms with E-state index in [9.17, 15) is 32.3 Å². The second-order valence-electron chi connectivity index (χ2n) is 17.6. The van der Waals surface area contributed by atoms with Gasteiger partial charge in [-0.1, -0.05) is 57.7 Å². The number of nitrogens with zero attached hydrogens (tertiary/aromatic N) is 4. The lowest BCUT2D eigenvalue weighted by molar-refractivity contribution is -0.155. The fraction of sp³-hybridized carbons (Fsp3) is 0.468. The normalized spacial score (nSPS) is 20.6. The number of amides is 3. The van der Waals surface area contributed by atoms with Gasteiger partial charge < -0.3 is 29.0 Å². The molecule has 2 aromatic heterocycles. The van der Waals surface area contributed by atoms with Crippen LogP contribution in [0.4, 0.5) is 13.2 Å². The standard InChI is InChI=1S/C47H55F3N6O7/c1-7-40(57)54-23-33(24-54)62-25-28(2)43(58)52-38-20-30-11-8-12-31(19-30)32-15-16-39-35(21-32)36(22-46(4,5)27-63-45(60)37-14-10-18-56(53-37)44(38)59)42(55(39)26-47(48,49)50)34-13-9-17-51-41(34)29(3)61-6/h7-9,11-13,15-17,19,21,28-29,33,37-38,53H,1,10,14,18,20,22-27H2,2-6H3,(H,52,58)/t28?,29-,37-,38-/m0/s1. The first-order valence-electron chi connectivity index (χ1n) is 21.3. The number of aromatic nitrogens is 2. The highest BCUT2D eigenvalue weighted by Gasteiger charge is 2.38. The summed E-state index contributed by atoms with van der Waals surface area (Å²) in [5, 5.41) is 4.92. The third-order valence-corrected chi connectivity index (χ3v) is 12.0. The predicted octanol–water partition coefficient (Wildman–Crippen LogP) is 6.34. The van der Waals surface area contributed by atoms with E-state index in [2.05, 4.69) is 22.3 Å². The number of ether oxygens (including phenoxy) is 3. The van der Waals surface area contributed by atoms with Crippen LogP contribution in [0.5, 0.6) is 0 Å². The van der Waals surface area contributed by atoms with E-state index in [0.717, 1.165) is 16.7 Å². The van der Waals surface area contributed by atoms with E-state index < -0.39 is 60.0 Å². The van der Waals surface area contributed by atoms with Crippen LogP contribution in [0, 0.1) is 11.3 Å². The first-order chi connectivity index (χ1) is 29.9. The average Bonchev–Trinajstić information content (AvgIpc) is 3.53. The maximum atomic E-state index is 14.6. The number of hydrogen-bond acceptors (Lipinski definition) is 9. The van der Waals surface area contributed by atoms with Crippen LogP contribution < -0.4 is 10.7 Å². The van der Waals surface area contributed by atoms with Crippen molar-refractivity contribution >= 4 is 34.6 Å². The van der Waals surface area contributed by atoms with Gasteiger partial charge >= 0.3 is 12.1 Å². The number of nitrogens with one attached hydrogen (secondary N) is 2. The Bertz CT molecular complexity index is 2370. The quantitative estimate of drug-likeness (QED) is 0.138. The van der Waals surface area contributed by atoms with Crippen molar-refractivity contribution in [2.75, 3.05) is 40.0 Å². The molecule has 0 spiro atoms. The number of benzene rings is 2. The zero-order valence-electron chi connectivity index (χ0n) is 36.3. The van der Waals surface area contributed by atoms with Crippen LogP contribution in [0.15, 0.2) is 73.4 Å². The monoisotopic (exact) mass is 872 g/mol. The summed E-state index contributed by atoms with van der Waals surface area (Å²) in [6.45, 7) is 10.6. The third kappa shape index (κ3) is 10.3. The third-order valence-electron chi connectivity index (χ3n) is 12.0. The largest absolute Gasteiger partial charge is 0.464 e. The molecular formula is C47H55F3N6O7. The van der Waals surface area contributed by atoms with E-state index in [4.69, 9.17) is 14.2 Å². The van der Waals surface area contributed by atoms with Crippen molar-refractivity contribution in [3.8, 4) is 22.4 Å². The van der Waals surface area contributed by atoms with Crippen molar-refractivity contribution in [3.63, 3.8) is 0 Å². The van der Waals surface area contributed by atoms with E-state index in [1.165, 1.54) is 22.8 Å². The number of cyclic esters (lactones) is 1. The summed E-state index contributed by atoms with van der Waals surface area (Å²) in [5.74, 6) is -2.24. The van der Waals surface area contributed by atoms with Gasteiger partial charge in [-0.2, -0.15) is 13.2 Å². The highest BCUT2D eigenvalue weighted by molar-refractivity contribution is 5.95. The Morgan fingerprint density at radius 2 is 1.86 bits per heavy atom. The average molecular weight is 873 g/mol. The number of alkyl halides is 3. The number of hydrazine groups is 1. The minimum Gasteiger partial charge on any atom is -0.464 e. The van der Waals surface area contributed by atoms with Crippen molar-refractivity contribution in [2.45, 2.75) is 90.4 Å². The molecule has 4 aromatic rings. The van der Waals surface area contributed by atoms with Crippen LogP contribution in [0.1, 0.15) is 63.5 Å². The van der Waals surface area contributed by atoms with Gasteiger partial charge in [-0.15, -0.1) is 0 Å². The zero-order chi connectivity index (χ0) is 45.2. The number of carbonyl (C=O) groups is 4. The number of carbonyl (C=O) groups excluding carboxylic acids is 4. The number of methoxy groups -OCH3 is 1. The number of rotatable bonds is 10. The molecule has 2 aromatic carbocycles. The highest BCUT2D eigenvalue weighted by atomic mass is 19.4. The lowest BCUT2D eigenvalue weighted by atomic mass is 9.84. The second kappa shape index (κ2) is 18.6. The molecule has 13 nitrogen and oxygen atoms in total. The molecule has 3 aliphatic heterocycles. The van der Waals surface area contributed by atoms with Crippen molar-refractivity contribution in [1.82, 2.24) is 30.2 Å². The lowest BCUT2D eigenvalue weighted by Gasteiger charge is -2.38. The maximum Gasteiger partial charge on any atom is 0.406 e. The molecular weight excluding hydrogens is 818 g/mol. The van der Waals surface area contributed by atoms with Gasteiger partial charge in [0.1, 0.15) is 18.6 Å². The van der Waals surface area contributed by atoms with Crippen molar-refractivity contribution in [2.24, 2.45) is 11.3 Å². The van der Waals surface area contributed by atoms with Gasteiger partial charge in [0.05, 0.1) is 42.7 Å². The van der Waals surface area contributed by atoms with Crippen LogP contribution in [0.25, 0.3) is 33.3 Å². The molecule has 16 heteroatoms. The Morgan fingerprint density at radius 3 is 2.59 bits per heavy atom. The van der Waals surface area contributed by atoms with Gasteiger partial charge in [-0.05, 0) is 78.8 Å². The predicted molar refractivity (Wildman–Crippen MR) is 230 cm³/mol. The number of pyridine rings is 1. The number of hydrogen-bond donors (Lipinski definition) is 2. The molecule has 2 N–H and O–H groups in total. The van der Waals surface area contributed by atoms with Crippen molar-refractivity contribution < 1.29 is 46.6 Å². The second-order valence-corrected chi connectivity index (χ2v) is 17.6. The molecule has 3 amide bonds. The molecule has 5 heterocycles. The molecule has 0 aliphatic carbocycles. The fourth-order valence-electron chi connectivity index (χ4n) is 8.52. The summed E-state index contributed by atoms with van der Waals surface area (Å²) in [6, 6.07) is 14.4. The van der Waals surface area contributed by atoms with Gasteiger partial charge in [0, 0.05) is 61.2 Å². The Balaban J connectivity index is 1.29. The molecule has 0 saturated carbocycles. The van der Waals surface area contributed by atoms with Gasteiger partial charge in [-0.25, -0.2) is 5.43 Å². The maximum absolute atomic E-state index is 14.6. The molecule has 63 heavy (non-hydrogen) atoms. The molecule has 6 bridgehead atoms. The van der Waals surface area contributed by atoms with Crippen molar-refractivity contribution in [3.05, 3.63) is 90.3 Å². The Morgan fingerprint density at radius 1 is 1.10 bits per heavy atom. The molecule has 2 saturated heterocycles. The zero-order valence-corrected chi connectivity index (χ0v) is 36.3. The first-order valence-corrected chi connectivity index (χ1v) is 21.3. The minimum atomic E-state index is -4.57. The fourth-order valence-corrected chi connectivity index (χ4v) is 8.52. The summed E-state index contributed by atoms with van der Waals surface area (Å²) in [6.07, 6.45) is -1.28. The van der Waals surface area contributed by atoms with Crippen molar-refractivity contribution in [1.29, 1.82) is 0 Å². The molecule has 336 valence electrons. The Labute approximate surface area is 364 Å². The molecule has 3 aliphatic rings. The summed E-state index contributed by atoms with van der Waals surface area (Å²) < 4.78 is 62.6. The van der Waals surface area contributed by atoms with Crippen LogP contribution in [0.3, 0.4) is 0 Å². The first kappa shape index (κ1) is 45.4. The van der Waals surface area contributed by atoms with Crippen LogP contribution in [0.2, 0.25) is 0 Å². The highest BCUT2D eigenvalue weighted by Crippen LogP contribution is 2.43. The smallest absolute Gasteiger partial charge is 0.406 e. The molecule has 7 rings (SSSR count). The van der Waals surface area contributed by atoms with Crippen LogP contribution in [-0.4, -0.2) is 107 Å². The lowest BCUT2D eigenvalue weighted by Crippen LogP contribution is -2.61. The molecule has 1 unspecified atom stereocenters. The number of likely N-dealkylation sites (tertiary alicyclic amines) is 1. The van der Waals surface area contributed by atoms with Gasteiger partial charge in [0.25, 0.3) is 5.91 Å². The topological polar surface area (TPSA) is 144 Å². The summed E-state index contributed by atoms with van der Waals surface area (Å²) in [4.78, 5) is 59.9.